The average molecular weight is 234 g/mol. The molecule has 0 bridgehead atoms. The molecule has 0 aliphatic carbocycles. The van der Waals surface area contributed by atoms with Crippen LogP contribution < -0.4 is 0 Å². The fourth-order valence-corrected chi connectivity index (χ4v) is 1.93. The number of carboxylic acids is 1. The molecule has 0 saturated heterocycles. The lowest BCUT2D eigenvalue weighted by Crippen LogP contribution is -1.95. The second-order valence-electron chi connectivity index (χ2n) is 3.91. The zero-order valence-electron chi connectivity index (χ0n) is 10.0. The lowest BCUT2D eigenvalue weighted by Gasteiger charge is -2.02. The number of nitrogens with zero attached hydrogens (tertiary/aromatic N) is 2. The lowest BCUT2D eigenvalue weighted by molar-refractivity contribution is 0.0660. The monoisotopic (exact) mass is 234 g/mol. The van der Waals surface area contributed by atoms with Crippen LogP contribution in [0.4, 0.5) is 0 Å². The van der Waals surface area contributed by atoms with Gasteiger partial charge in [0.05, 0.1) is 11.9 Å². The molecule has 5 nitrogen and oxygen atoms in total. The van der Waals surface area contributed by atoms with Crippen molar-refractivity contribution in [2.45, 2.75) is 20.3 Å². The van der Waals surface area contributed by atoms with Gasteiger partial charge >= 0.3 is 5.97 Å². The van der Waals surface area contributed by atoms with Crippen molar-refractivity contribution >= 4 is 5.97 Å². The van der Waals surface area contributed by atoms with Crippen LogP contribution in [0.3, 0.4) is 0 Å². The van der Waals surface area contributed by atoms with Gasteiger partial charge in [-0.2, -0.15) is 5.10 Å². The van der Waals surface area contributed by atoms with Crippen molar-refractivity contribution in [3.05, 3.63) is 29.3 Å². The third kappa shape index (κ3) is 1.84. The highest BCUT2D eigenvalue weighted by molar-refractivity contribution is 5.87. The van der Waals surface area contributed by atoms with Gasteiger partial charge in [-0.3, -0.25) is 4.68 Å². The van der Waals surface area contributed by atoms with E-state index in [2.05, 4.69) is 5.10 Å². The SMILES string of the molecule is CCc1oc(C(=O)O)cc1-c1c(C)cnn1C. The number of carbonyl (C=O) groups is 1. The van der Waals surface area contributed by atoms with E-state index >= 15 is 0 Å². The molecule has 2 aromatic heterocycles. The molecule has 0 aliphatic rings. The molecule has 0 amide bonds. The van der Waals surface area contributed by atoms with Gasteiger partial charge in [0.2, 0.25) is 5.76 Å². The van der Waals surface area contributed by atoms with Gasteiger partial charge in [0.1, 0.15) is 5.76 Å². The van der Waals surface area contributed by atoms with E-state index in [0.717, 1.165) is 16.8 Å². The molecule has 0 spiro atoms. The maximum absolute atomic E-state index is 10.9. The topological polar surface area (TPSA) is 68.3 Å². The van der Waals surface area contributed by atoms with Crippen molar-refractivity contribution in [2.24, 2.45) is 7.05 Å². The van der Waals surface area contributed by atoms with Crippen molar-refractivity contribution in [3.8, 4) is 11.3 Å². The fourth-order valence-electron chi connectivity index (χ4n) is 1.93. The number of rotatable bonds is 3. The standard InChI is InChI=1S/C12H14N2O3/c1-4-9-8(5-10(17-9)12(15)16)11-7(2)6-13-14(11)3/h5-6H,4H2,1-3H3,(H,15,16). The number of aryl methyl sites for hydroxylation is 3. The van der Waals surface area contributed by atoms with Crippen LogP contribution in [0, 0.1) is 6.92 Å². The number of furan rings is 1. The first kappa shape index (κ1) is 11.4. The van der Waals surface area contributed by atoms with Crippen molar-refractivity contribution in [1.82, 2.24) is 9.78 Å². The molecule has 0 aromatic carbocycles. The first-order valence-electron chi connectivity index (χ1n) is 5.39. The second kappa shape index (κ2) is 4.08. The van der Waals surface area contributed by atoms with Gasteiger partial charge in [0.15, 0.2) is 0 Å². The molecular weight excluding hydrogens is 220 g/mol. The van der Waals surface area contributed by atoms with E-state index in [4.69, 9.17) is 9.52 Å². The Balaban J connectivity index is 2.62. The fraction of sp³-hybridized carbons (Fsp3) is 0.333. The van der Waals surface area contributed by atoms with Gasteiger partial charge in [-0.15, -0.1) is 0 Å². The molecule has 0 fully saturated rings. The van der Waals surface area contributed by atoms with E-state index in [9.17, 15) is 4.79 Å². The van der Waals surface area contributed by atoms with E-state index in [-0.39, 0.29) is 5.76 Å². The quantitative estimate of drug-likeness (QED) is 0.884. The van der Waals surface area contributed by atoms with Crippen LogP contribution >= 0.6 is 0 Å². The molecule has 90 valence electrons. The molecule has 0 aliphatic heterocycles. The minimum Gasteiger partial charge on any atom is -0.475 e. The molecule has 2 aromatic rings. The summed E-state index contributed by atoms with van der Waals surface area (Å²) < 4.78 is 7.05. The van der Waals surface area contributed by atoms with Crippen LogP contribution in [0.1, 0.15) is 28.8 Å². The summed E-state index contributed by atoms with van der Waals surface area (Å²) in [4.78, 5) is 10.9. The average Bonchev–Trinajstić information content (AvgIpc) is 2.82. The minimum absolute atomic E-state index is 0.0301. The summed E-state index contributed by atoms with van der Waals surface area (Å²) in [6, 6.07) is 1.56. The molecule has 17 heavy (non-hydrogen) atoms. The minimum atomic E-state index is -1.05. The molecule has 0 atom stereocenters. The first-order chi connectivity index (χ1) is 8.04. The molecule has 2 heterocycles. The largest absolute Gasteiger partial charge is 0.475 e. The normalized spacial score (nSPS) is 10.8. The predicted octanol–water partition coefficient (Wildman–Crippen LogP) is 2.25. The number of aromatic nitrogens is 2. The summed E-state index contributed by atoms with van der Waals surface area (Å²) in [5.74, 6) is -0.405. The van der Waals surface area contributed by atoms with Gasteiger partial charge in [0.25, 0.3) is 0 Å². The number of hydrogen-bond donors (Lipinski definition) is 1. The maximum atomic E-state index is 10.9. The first-order valence-corrected chi connectivity index (χ1v) is 5.39. The Morgan fingerprint density at radius 1 is 1.59 bits per heavy atom. The maximum Gasteiger partial charge on any atom is 0.371 e. The highest BCUT2D eigenvalue weighted by Gasteiger charge is 2.19. The Labute approximate surface area is 98.7 Å². The van der Waals surface area contributed by atoms with Crippen molar-refractivity contribution in [3.63, 3.8) is 0 Å². The molecule has 2 rings (SSSR count). The highest BCUT2D eigenvalue weighted by atomic mass is 16.4. The third-order valence-corrected chi connectivity index (χ3v) is 2.72. The van der Waals surface area contributed by atoms with Gasteiger partial charge in [-0.25, -0.2) is 4.79 Å². The molecular formula is C12H14N2O3. The summed E-state index contributed by atoms with van der Waals surface area (Å²) in [7, 11) is 1.83. The number of hydrogen-bond acceptors (Lipinski definition) is 3. The van der Waals surface area contributed by atoms with E-state index in [1.54, 1.807) is 16.9 Å². The van der Waals surface area contributed by atoms with Gasteiger partial charge in [-0.1, -0.05) is 6.92 Å². The van der Waals surface area contributed by atoms with Crippen LogP contribution in [0.2, 0.25) is 0 Å². The van der Waals surface area contributed by atoms with Crippen LogP contribution in [0.5, 0.6) is 0 Å². The van der Waals surface area contributed by atoms with Gasteiger partial charge in [-0.05, 0) is 12.5 Å². The van der Waals surface area contributed by atoms with Crippen LogP contribution in [0.25, 0.3) is 11.3 Å². The molecule has 1 N–H and O–H groups in total. The zero-order valence-corrected chi connectivity index (χ0v) is 10.0. The van der Waals surface area contributed by atoms with Gasteiger partial charge < -0.3 is 9.52 Å². The van der Waals surface area contributed by atoms with E-state index in [0.29, 0.717) is 12.2 Å². The van der Waals surface area contributed by atoms with Crippen molar-refractivity contribution < 1.29 is 14.3 Å². The Hall–Kier alpha value is -2.04. The second-order valence-corrected chi connectivity index (χ2v) is 3.91. The smallest absolute Gasteiger partial charge is 0.371 e. The number of aromatic carboxylic acids is 1. The van der Waals surface area contributed by atoms with Gasteiger partial charge in [0, 0.05) is 25.1 Å². The molecule has 0 radical (unpaired) electrons. The Kier molecular flexibility index (Phi) is 2.75. The summed E-state index contributed by atoms with van der Waals surface area (Å²) in [5, 5.41) is 13.1. The Morgan fingerprint density at radius 2 is 2.29 bits per heavy atom. The highest BCUT2D eigenvalue weighted by Crippen LogP contribution is 2.29. The molecule has 5 heteroatoms. The summed E-state index contributed by atoms with van der Waals surface area (Å²) in [5.41, 5.74) is 2.71. The zero-order chi connectivity index (χ0) is 12.6. The van der Waals surface area contributed by atoms with Crippen molar-refractivity contribution in [2.75, 3.05) is 0 Å². The lowest BCUT2D eigenvalue weighted by atomic mass is 10.1. The van der Waals surface area contributed by atoms with Crippen LogP contribution in [-0.2, 0) is 13.5 Å². The molecule has 0 unspecified atom stereocenters. The molecule has 0 saturated carbocycles. The van der Waals surface area contributed by atoms with Crippen LogP contribution in [-0.4, -0.2) is 20.9 Å². The number of carboxylic acid groups (broad SMARTS) is 1. The van der Waals surface area contributed by atoms with E-state index in [1.807, 2.05) is 20.9 Å². The summed E-state index contributed by atoms with van der Waals surface area (Å²) >= 11 is 0. The van der Waals surface area contributed by atoms with Crippen LogP contribution in [0.15, 0.2) is 16.7 Å². The van der Waals surface area contributed by atoms with E-state index in [1.165, 1.54) is 0 Å². The summed E-state index contributed by atoms with van der Waals surface area (Å²) in [6.07, 6.45) is 2.40. The van der Waals surface area contributed by atoms with Crippen molar-refractivity contribution in [1.29, 1.82) is 0 Å². The Morgan fingerprint density at radius 3 is 2.76 bits per heavy atom. The predicted molar refractivity (Wildman–Crippen MR) is 62.0 cm³/mol. The Bertz CT molecular complexity index is 547. The van der Waals surface area contributed by atoms with E-state index < -0.39 is 5.97 Å². The summed E-state index contributed by atoms with van der Waals surface area (Å²) in [6.45, 7) is 3.87. The third-order valence-electron chi connectivity index (χ3n) is 2.72.